The van der Waals surface area contributed by atoms with Crippen LogP contribution in [0.5, 0.6) is 0 Å². The van der Waals surface area contributed by atoms with Crippen molar-refractivity contribution in [3.8, 4) is 6.07 Å². The number of hydrogen-bond donors (Lipinski definition) is 0. The van der Waals surface area contributed by atoms with Gasteiger partial charge in [0, 0.05) is 20.2 Å². The molecule has 0 radical (unpaired) electrons. The summed E-state index contributed by atoms with van der Waals surface area (Å²) in [5, 5.41) is 8.62. The molecule has 108 valence electrons. The van der Waals surface area contributed by atoms with E-state index in [1.807, 2.05) is 6.07 Å². The molecule has 0 aliphatic carbocycles. The highest BCUT2D eigenvalue weighted by molar-refractivity contribution is 7.89. The van der Waals surface area contributed by atoms with Gasteiger partial charge in [0.05, 0.1) is 23.5 Å². The lowest BCUT2D eigenvalue weighted by molar-refractivity contribution is 0.0572. The van der Waals surface area contributed by atoms with Crippen LogP contribution < -0.4 is 0 Å². The number of sulfonamides is 1. The molecule has 1 fully saturated rings. The molecule has 2 rings (SSSR count). The molecule has 0 N–H and O–H groups in total. The van der Waals surface area contributed by atoms with Crippen molar-refractivity contribution in [3.05, 3.63) is 29.8 Å². The molecule has 0 bridgehead atoms. The van der Waals surface area contributed by atoms with Gasteiger partial charge in [0.25, 0.3) is 0 Å². The largest absolute Gasteiger partial charge is 0.380 e. The molecule has 6 heteroatoms. The highest BCUT2D eigenvalue weighted by Crippen LogP contribution is 2.22. The van der Waals surface area contributed by atoms with Crippen LogP contribution in [-0.2, 0) is 21.2 Å². The summed E-state index contributed by atoms with van der Waals surface area (Å²) in [5.41, 5.74) is 0.819. The Bertz CT molecular complexity index is 590. The maximum Gasteiger partial charge on any atom is 0.243 e. The zero-order chi connectivity index (χ0) is 14.6. The molecule has 1 aromatic carbocycles. The summed E-state index contributed by atoms with van der Waals surface area (Å²) in [6.07, 6.45) is 1.96. The minimum atomic E-state index is -3.47. The Balaban J connectivity index is 2.19. The fourth-order valence-electron chi connectivity index (χ4n) is 2.34. The first-order valence-corrected chi connectivity index (χ1v) is 8.01. The molecular formula is C14H18N2O3S. The monoisotopic (exact) mass is 294 g/mol. The van der Waals surface area contributed by atoms with Crippen LogP contribution in [0.3, 0.4) is 0 Å². The summed E-state index contributed by atoms with van der Waals surface area (Å²) in [6.45, 7) is 0.931. The van der Waals surface area contributed by atoms with Crippen LogP contribution in [-0.4, -0.2) is 39.0 Å². The Hall–Kier alpha value is -1.42. The standard InChI is InChI=1S/C14H18N2O3S/c1-19-13-3-2-10-16(11-13)20(17,18)14-6-4-12(5-7-14)8-9-15/h4-7,13H,2-3,8,10-11H2,1H3. The van der Waals surface area contributed by atoms with Gasteiger partial charge >= 0.3 is 0 Å². The summed E-state index contributed by atoms with van der Waals surface area (Å²) in [4.78, 5) is 0.274. The van der Waals surface area contributed by atoms with E-state index in [0.29, 0.717) is 13.1 Å². The topological polar surface area (TPSA) is 70.4 Å². The zero-order valence-corrected chi connectivity index (χ0v) is 12.3. The van der Waals surface area contributed by atoms with Crippen LogP contribution in [0, 0.1) is 11.3 Å². The first-order chi connectivity index (χ1) is 9.57. The molecule has 0 amide bonds. The molecule has 1 aromatic rings. The van der Waals surface area contributed by atoms with Gasteiger partial charge in [-0.25, -0.2) is 8.42 Å². The van der Waals surface area contributed by atoms with Crippen molar-refractivity contribution < 1.29 is 13.2 Å². The highest BCUT2D eigenvalue weighted by Gasteiger charge is 2.30. The van der Waals surface area contributed by atoms with Gasteiger partial charge < -0.3 is 4.74 Å². The van der Waals surface area contributed by atoms with Crippen molar-refractivity contribution >= 4 is 10.0 Å². The number of methoxy groups -OCH3 is 1. The quantitative estimate of drug-likeness (QED) is 0.845. The molecule has 0 saturated carbocycles. The second-order valence-electron chi connectivity index (χ2n) is 4.84. The van der Waals surface area contributed by atoms with Crippen molar-refractivity contribution in [3.63, 3.8) is 0 Å². The lowest BCUT2D eigenvalue weighted by atomic mass is 10.1. The van der Waals surface area contributed by atoms with Gasteiger partial charge in [-0.05, 0) is 30.5 Å². The third kappa shape index (κ3) is 3.18. The van der Waals surface area contributed by atoms with E-state index in [0.717, 1.165) is 18.4 Å². The Morgan fingerprint density at radius 3 is 2.70 bits per heavy atom. The van der Waals surface area contributed by atoms with E-state index in [-0.39, 0.29) is 17.4 Å². The first kappa shape index (κ1) is 15.0. The summed E-state index contributed by atoms with van der Waals surface area (Å²) in [6, 6.07) is 8.56. The highest BCUT2D eigenvalue weighted by atomic mass is 32.2. The summed E-state index contributed by atoms with van der Waals surface area (Å²) in [5.74, 6) is 0. The Labute approximate surface area is 119 Å². The Morgan fingerprint density at radius 1 is 1.40 bits per heavy atom. The first-order valence-electron chi connectivity index (χ1n) is 6.57. The van der Waals surface area contributed by atoms with E-state index in [4.69, 9.17) is 10.00 Å². The van der Waals surface area contributed by atoms with E-state index in [2.05, 4.69) is 0 Å². The molecule has 1 unspecified atom stereocenters. The summed E-state index contributed by atoms with van der Waals surface area (Å²) in [7, 11) is -1.86. The van der Waals surface area contributed by atoms with Crippen LogP contribution in [0.4, 0.5) is 0 Å². The number of hydrogen-bond acceptors (Lipinski definition) is 4. The SMILES string of the molecule is COC1CCCN(S(=O)(=O)c2ccc(CC#N)cc2)C1. The number of benzene rings is 1. The minimum absolute atomic E-state index is 0.0311. The van der Waals surface area contributed by atoms with Crippen LogP contribution >= 0.6 is 0 Å². The van der Waals surface area contributed by atoms with Crippen molar-refractivity contribution in [1.82, 2.24) is 4.31 Å². The lowest BCUT2D eigenvalue weighted by Gasteiger charge is -2.31. The Kier molecular flexibility index (Phi) is 4.76. The number of nitrogens with zero attached hydrogens (tertiary/aromatic N) is 2. The predicted molar refractivity (Wildman–Crippen MR) is 74.5 cm³/mol. The van der Waals surface area contributed by atoms with E-state index < -0.39 is 10.0 Å². The van der Waals surface area contributed by atoms with Gasteiger partial charge in [0.2, 0.25) is 10.0 Å². The predicted octanol–water partition coefficient (Wildman–Crippen LogP) is 1.55. The van der Waals surface area contributed by atoms with Gasteiger partial charge in [0.1, 0.15) is 0 Å². The second kappa shape index (κ2) is 6.35. The van der Waals surface area contributed by atoms with Crippen molar-refractivity contribution in [2.75, 3.05) is 20.2 Å². The minimum Gasteiger partial charge on any atom is -0.380 e. The van der Waals surface area contributed by atoms with Gasteiger partial charge in [0.15, 0.2) is 0 Å². The van der Waals surface area contributed by atoms with Crippen LogP contribution in [0.2, 0.25) is 0 Å². The van der Waals surface area contributed by atoms with Gasteiger partial charge in [-0.1, -0.05) is 12.1 Å². The second-order valence-corrected chi connectivity index (χ2v) is 6.78. The van der Waals surface area contributed by atoms with E-state index >= 15 is 0 Å². The van der Waals surface area contributed by atoms with E-state index in [1.165, 1.54) is 4.31 Å². The molecule has 5 nitrogen and oxygen atoms in total. The molecule has 1 aliphatic heterocycles. The molecule has 0 aromatic heterocycles. The van der Waals surface area contributed by atoms with Crippen molar-refractivity contribution in [1.29, 1.82) is 5.26 Å². The van der Waals surface area contributed by atoms with Crippen LogP contribution in [0.25, 0.3) is 0 Å². The molecule has 0 spiro atoms. The fourth-order valence-corrected chi connectivity index (χ4v) is 3.85. The number of ether oxygens (including phenoxy) is 1. The van der Waals surface area contributed by atoms with Gasteiger partial charge in [-0.15, -0.1) is 0 Å². The number of piperidine rings is 1. The number of rotatable bonds is 4. The maximum absolute atomic E-state index is 12.5. The molecule has 1 saturated heterocycles. The third-order valence-electron chi connectivity index (χ3n) is 3.52. The molecule has 1 heterocycles. The summed E-state index contributed by atoms with van der Waals surface area (Å²) < 4.78 is 31.8. The molecule has 1 aliphatic rings. The average Bonchev–Trinajstić information content (AvgIpc) is 2.48. The Morgan fingerprint density at radius 2 is 2.10 bits per heavy atom. The fraction of sp³-hybridized carbons (Fsp3) is 0.500. The van der Waals surface area contributed by atoms with E-state index in [1.54, 1.807) is 31.4 Å². The van der Waals surface area contributed by atoms with Crippen LogP contribution in [0.1, 0.15) is 18.4 Å². The molecule has 1 atom stereocenters. The smallest absolute Gasteiger partial charge is 0.243 e. The summed E-state index contributed by atoms with van der Waals surface area (Å²) >= 11 is 0. The van der Waals surface area contributed by atoms with Gasteiger partial charge in [-0.3, -0.25) is 0 Å². The lowest BCUT2D eigenvalue weighted by Crippen LogP contribution is -2.42. The van der Waals surface area contributed by atoms with Crippen molar-refractivity contribution in [2.45, 2.75) is 30.3 Å². The molecular weight excluding hydrogens is 276 g/mol. The third-order valence-corrected chi connectivity index (χ3v) is 5.40. The molecule has 20 heavy (non-hydrogen) atoms. The number of nitriles is 1. The average molecular weight is 294 g/mol. The van der Waals surface area contributed by atoms with Crippen LogP contribution in [0.15, 0.2) is 29.2 Å². The van der Waals surface area contributed by atoms with Gasteiger partial charge in [-0.2, -0.15) is 9.57 Å². The maximum atomic E-state index is 12.5. The van der Waals surface area contributed by atoms with Crippen molar-refractivity contribution in [2.24, 2.45) is 0 Å². The zero-order valence-electron chi connectivity index (χ0n) is 11.4. The van der Waals surface area contributed by atoms with E-state index in [9.17, 15) is 8.42 Å². The normalized spacial score (nSPS) is 20.5.